The molecule has 0 radical (unpaired) electrons. The number of hydrogen-bond donors (Lipinski definition) is 1. The van der Waals surface area contributed by atoms with E-state index in [0.29, 0.717) is 30.2 Å². The molecule has 1 aromatic rings. The van der Waals surface area contributed by atoms with Crippen LogP contribution < -0.4 is 0 Å². The minimum atomic E-state index is -0.396. The fourth-order valence-corrected chi connectivity index (χ4v) is 5.39. The minimum absolute atomic E-state index is 0.00972. The van der Waals surface area contributed by atoms with E-state index >= 15 is 0 Å². The summed E-state index contributed by atoms with van der Waals surface area (Å²) in [5.74, 6) is 1.46. The Kier molecular flexibility index (Phi) is 7.67. The van der Waals surface area contributed by atoms with Gasteiger partial charge in [0, 0.05) is 19.5 Å². The Morgan fingerprint density at radius 1 is 1.03 bits per heavy atom. The van der Waals surface area contributed by atoms with Crippen LogP contribution in [0.25, 0.3) is 0 Å². The highest BCUT2D eigenvalue weighted by atomic mass is 16.7. The van der Waals surface area contributed by atoms with E-state index in [1.807, 2.05) is 36.2 Å². The summed E-state index contributed by atoms with van der Waals surface area (Å²) < 4.78 is 12.3. The molecule has 1 heterocycles. The lowest BCUT2D eigenvalue weighted by Gasteiger charge is -2.35. The van der Waals surface area contributed by atoms with Crippen LogP contribution in [0, 0.1) is 11.8 Å². The Morgan fingerprint density at radius 2 is 1.68 bits per heavy atom. The molecule has 0 bridgehead atoms. The molecule has 0 spiro atoms. The third-order valence-corrected chi connectivity index (χ3v) is 7.39. The predicted octanol–water partition coefficient (Wildman–Crippen LogP) is 4.92. The number of amides is 1. The van der Waals surface area contributed by atoms with E-state index < -0.39 is 6.29 Å². The van der Waals surface area contributed by atoms with E-state index in [-0.39, 0.29) is 12.5 Å². The summed E-state index contributed by atoms with van der Waals surface area (Å²) in [6.07, 6.45) is 13.4. The Morgan fingerprint density at radius 3 is 2.35 bits per heavy atom. The molecule has 0 unspecified atom stereocenters. The van der Waals surface area contributed by atoms with E-state index in [1.54, 1.807) is 0 Å². The summed E-state index contributed by atoms with van der Waals surface area (Å²) in [7, 11) is 1.93. The number of rotatable bonds is 7. The van der Waals surface area contributed by atoms with Gasteiger partial charge in [0.2, 0.25) is 6.29 Å². The summed E-state index contributed by atoms with van der Waals surface area (Å²) in [4.78, 5) is 15.2. The summed E-state index contributed by atoms with van der Waals surface area (Å²) in [6.45, 7) is 0.481. The summed E-state index contributed by atoms with van der Waals surface area (Å²) in [5, 5.41) is 9.22. The number of benzene rings is 1. The van der Waals surface area contributed by atoms with Gasteiger partial charge in [-0.1, -0.05) is 56.4 Å². The fraction of sp³-hybridized carbons (Fsp3) is 0.654. The molecule has 1 amide bonds. The zero-order valence-electron chi connectivity index (χ0n) is 18.8. The molecular formula is C26H37NO4. The van der Waals surface area contributed by atoms with Crippen molar-refractivity contribution in [2.75, 3.05) is 7.05 Å². The zero-order valence-corrected chi connectivity index (χ0v) is 18.8. The van der Waals surface area contributed by atoms with Crippen LogP contribution >= 0.6 is 0 Å². The standard InChI is InChI=1S/C26H37NO4/c1-27(23-9-3-2-4-10-23)26(29)24-15-22(21-7-5-6-8-21)16-25(31-24)30-18-20-13-11-19(17-28)12-14-20/h11-15,21-23,25,28H,2-10,16-18H2,1H3/t22-,25+/m0/s1. The highest BCUT2D eigenvalue weighted by Gasteiger charge is 2.35. The van der Waals surface area contributed by atoms with Crippen molar-refractivity contribution in [2.24, 2.45) is 11.8 Å². The van der Waals surface area contributed by atoms with Gasteiger partial charge in [-0.25, -0.2) is 0 Å². The quantitative estimate of drug-likeness (QED) is 0.671. The number of nitrogens with zero attached hydrogens (tertiary/aromatic N) is 1. The van der Waals surface area contributed by atoms with Crippen molar-refractivity contribution in [3.8, 4) is 0 Å². The number of ether oxygens (including phenoxy) is 2. The van der Waals surface area contributed by atoms with E-state index in [0.717, 1.165) is 30.4 Å². The van der Waals surface area contributed by atoms with Crippen molar-refractivity contribution in [1.82, 2.24) is 4.90 Å². The maximum absolute atomic E-state index is 13.3. The Hall–Kier alpha value is -1.85. The lowest BCUT2D eigenvalue weighted by Crippen LogP contribution is -2.41. The molecular weight excluding hydrogens is 390 g/mol. The summed E-state index contributed by atoms with van der Waals surface area (Å²) in [5.41, 5.74) is 1.93. The SMILES string of the molecule is CN(C(=O)C1=C[C@H](C2CCCC2)C[C@H](OCc2ccc(CO)cc2)O1)C1CCCCC1. The first-order valence-corrected chi connectivity index (χ1v) is 12.1. The molecule has 5 nitrogen and oxygen atoms in total. The number of aliphatic hydroxyl groups excluding tert-OH is 1. The van der Waals surface area contributed by atoms with Crippen LogP contribution in [0.5, 0.6) is 0 Å². The van der Waals surface area contributed by atoms with Gasteiger partial charge in [0.25, 0.3) is 5.91 Å². The smallest absolute Gasteiger partial charge is 0.288 e. The van der Waals surface area contributed by atoms with Crippen LogP contribution in [0.15, 0.2) is 36.1 Å². The average Bonchev–Trinajstić information content (AvgIpc) is 3.38. The van der Waals surface area contributed by atoms with Gasteiger partial charge in [-0.3, -0.25) is 4.79 Å². The lowest BCUT2D eigenvalue weighted by atomic mass is 9.86. The highest BCUT2D eigenvalue weighted by Crippen LogP contribution is 2.39. The Bertz CT molecular complexity index is 747. The van der Waals surface area contributed by atoms with Gasteiger partial charge >= 0.3 is 0 Å². The predicted molar refractivity (Wildman–Crippen MR) is 120 cm³/mol. The first kappa shape index (κ1) is 22.3. The van der Waals surface area contributed by atoms with Gasteiger partial charge in [-0.2, -0.15) is 0 Å². The van der Waals surface area contributed by atoms with Crippen molar-refractivity contribution in [3.05, 3.63) is 47.2 Å². The van der Waals surface area contributed by atoms with Crippen molar-refractivity contribution < 1.29 is 19.4 Å². The van der Waals surface area contributed by atoms with Crippen LogP contribution in [0.4, 0.5) is 0 Å². The van der Waals surface area contributed by atoms with E-state index in [1.165, 1.54) is 44.9 Å². The van der Waals surface area contributed by atoms with Crippen LogP contribution in [-0.4, -0.2) is 35.3 Å². The van der Waals surface area contributed by atoms with Gasteiger partial charge in [-0.15, -0.1) is 0 Å². The van der Waals surface area contributed by atoms with E-state index in [4.69, 9.17) is 9.47 Å². The largest absolute Gasteiger partial charge is 0.459 e. The van der Waals surface area contributed by atoms with Crippen molar-refractivity contribution in [1.29, 1.82) is 0 Å². The van der Waals surface area contributed by atoms with Gasteiger partial charge in [0.15, 0.2) is 5.76 Å². The molecule has 2 saturated carbocycles. The summed E-state index contributed by atoms with van der Waals surface area (Å²) in [6, 6.07) is 8.09. The maximum atomic E-state index is 13.3. The molecule has 170 valence electrons. The zero-order chi connectivity index (χ0) is 21.6. The Labute approximate surface area is 186 Å². The maximum Gasteiger partial charge on any atom is 0.288 e. The lowest BCUT2D eigenvalue weighted by molar-refractivity contribution is -0.161. The van der Waals surface area contributed by atoms with Crippen molar-refractivity contribution in [2.45, 2.75) is 89.8 Å². The second kappa shape index (κ2) is 10.6. The molecule has 1 aliphatic heterocycles. The molecule has 3 aliphatic rings. The normalized spacial score (nSPS) is 25.2. The minimum Gasteiger partial charge on any atom is -0.459 e. The molecule has 0 saturated heterocycles. The summed E-state index contributed by atoms with van der Waals surface area (Å²) >= 11 is 0. The third kappa shape index (κ3) is 5.69. The molecule has 2 aliphatic carbocycles. The van der Waals surface area contributed by atoms with Crippen LogP contribution in [0.1, 0.15) is 75.3 Å². The van der Waals surface area contributed by atoms with Gasteiger partial charge < -0.3 is 19.5 Å². The molecule has 0 aromatic heterocycles. The number of aliphatic hydroxyl groups is 1. The van der Waals surface area contributed by atoms with Crippen molar-refractivity contribution in [3.63, 3.8) is 0 Å². The third-order valence-electron chi connectivity index (χ3n) is 7.39. The number of carbonyl (C=O) groups excluding carboxylic acids is 1. The monoisotopic (exact) mass is 427 g/mol. The fourth-order valence-electron chi connectivity index (χ4n) is 5.39. The molecule has 4 rings (SSSR count). The van der Waals surface area contributed by atoms with Crippen LogP contribution in [0.2, 0.25) is 0 Å². The molecule has 2 fully saturated rings. The van der Waals surface area contributed by atoms with Gasteiger partial charge in [-0.05, 0) is 54.7 Å². The van der Waals surface area contributed by atoms with E-state index in [9.17, 15) is 9.90 Å². The average molecular weight is 428 g/mol. The topological polar surface area (TPSA) is 59.0 Å². The molecule has 31 heavy (non-hydrogen) atoms. The van der Waals surface area contributed by atoms with Gasteiger partial charge in [0.1, 0.15) is 0 Å². The van der Waals surface area contributed by atoms with Gasteiger partial charge in [0.05, 0.1) is 13.2 Å². The second-order valence-corrected chi connectivity index (χ2v) is 9.52. The van der Waals surface area contributed by atoms with Crippen LogP contribution in [-0.2, 0) is 27.5 Å². The first-order chi connectivity index (χ1) is 15.1. The molecule has 5 heteroatoms. The van der Waals surface area contributed by atoms with E-state index in [2.05, 4.69) is 6.08 Å². The second-order valence-electron chi connectivity index (χ2n) is 9.52. The number of hydrogen-bond acceptors (Lipinski definition) is 4. The first-order valence-electron chi connectivity index (χ1n) is 12.1. The Balaban J connectivity index is 1.43. The highest BCUT2D eigenvalue weighted by molar-refractivity contribution is 5.91. The molecule has 1 aromatic carbocycles. The number of carbonyl (C=O) groups is 1. The van der Waals surface area contributed by atoms with Crippen molar-refractivity contribution >= 4 is 5.91 Å². The number of likely N-dealkylation sites (N-methyl/N-ethyl adjacent to an activating group) is 1. The number of allylic oxidation sites excluding steroid dienone is 1. The van der Waals surface area contributed by atoms with Crippen LogP contribution in [0.3, 0.4) is 0 Å². The molecule has 1 N–H and O–H groups in total. The molecule has 2 atom stereocenters.